The highest BCUT2D eigenvalue weighted by Crippen LogP contribution is 2.42. The maximum Gasteiger partial charge on any atom is 0.391 e. The number of aliphatic hydroxyl groups is 1. The summed E-state index contributed by atoms with van der Waals surface area (Å²) in [6.45, 7) is 1.87. The largest absolute Gasteiger partial charge is 0.391 e. The van der Waals surface area contributed by atoms with Gasteiger partial charge >= 0.3 is 6.18 Å². The number of hydrogen-bond acceptors (Lipinski definition) is 3. The fourth-order valence-corrected chi connectivity index (χ4v) is 3.33. The fourth-order valence-electron chi connectivity index (χ4n) is 2.42. The van der Waals surface area contributed by atoms with Gasteiger partial charge in [-0.1, -0.05) is 0 Å². The Labute approximate surface area is 108 Å². The van der Waals surface area contributed by atoms with Crippen LogP contribution in [0.4, 0.5) is 13.2 Å². The van der Waals surface area contributed by atoms with Crippen molar-refractivity contribution in [2.75, 3.05) is 0 Å². The van der Waals surface area contributed by atoms with Crippen molar-refractivity contribution in [2.45, 2.75) is 50.8 Å². The lowest BCUT2D eigenvalue weighted by Crippen LogP contribution is -2.39. The van der Waals surface area contributed by atoms with Gasteiger partial charge in [-0.15, -0.1) is 11.3 Å². The van der Waals surface area contributed by atoms with Crippen LogP contribution in [0, 0.1) is 12.8 Å². The van der Waals surface area contributed by atoms with E-state index in [4.69, 9.17) is 0 Å². The number of aryl methyl sites for hydroxylation is 1. The second-order valence-electron chi connectivity index (χ2n) is 5.10. The van der Waals surface area contributed by atoms with Crippen molar-refractivity contribution in [1.82, 2.24) is 4.98 Å². The van der Waals surface area contributed by atoms with Crippen molar-refractivity contribution < 1.29 is 18.3 Å². The van der Waals surface area contributed by atoms with Crippen molar-refractivity contribution in [2.24, 2.45) is 5.92 Å². The number of alkyl halides is 3. The van der Waals surface area contributed by atoms with Crippen molar-refractivity contribution in [3.63, 3.8) is 0 Å². The van der Waals surface area contributed by atoms with Gasteiger partial charge in [0, 0.05) is 17.5 Å². The van der Waals surface area contributed by atoms with E-state index < -0.39 is 17.7 Å². The summed E-state index contributed by atoms with van der Waals surface area (Å²) in [6.07, 6.45) is -3.31. The second-order valence-corrected chi connectivity index (χ2v) is 6.04. The van der Waals surface area contributed by atoms with Gasteiger partial charge in [-0.05, 0) is 32.6 Å². The molecule has 18 heavy (non-hydrogen) atoms. The van der Waals surface area contributed by atoms with Gasteiger partial charge in [0.15, 0.2) is 0 Å². The Kier molecular flexibility index (Phi) is 3.69. The predicted molar refractivity (Wildman–Crippen MR) is 63.5 cm³/mol. The number of halogens is 3. The van der Waals surface area contributed by atoms with Gasteiger partial charge in [0.25, 0.3) is 0 Å². The molecule has 0 atom stereocenters. The molecule has 0 amide bonds. The molecule has 2 nitrogen and oxygen atoms in total. The minimum absolute atomic E-state index is 0.0182. The maximum atomic E-state index is 12.5. The molecule has 1 aromatic heterocycles. The third-order valence-corrected chi connectivity index (χ3v) is 4.49. The summed E-state index contributed by atoms with van der Waals surface area (Å²) in [6, 6.07) is 0. The third-order valence-electron chi connectivity index (χ3n) is 3.53. The zero-order valence-electron chi connectivity index (χ0n) is 10.1. The summed E-state index contributed by atoms with van der Waals surface area (Å²) in [7, 11) is 0. The Morgan fingerprint density at radius 2 is 2.06 bits per heavy atom. The van der Waals surface area contributed by atoms with Gasteiger partial charge < -0.3 is 5.11 Å². The summed E-state index contributed by atoms with van der Waals surface area (Å²) < 4.78 is 37.6. The van der Waals surface area contributed by atoms with Gasteiger partial charge in [-0.3, -0.25) is 0 Å². The quantitative estimate of drug-likeness (QED) is 0.899. The molecule has 1 saturated carbocycles. The van der Waals surface area contributed by atoms with Crippen molar-refractivity contribution in [1.29, 1.82) is 0 Å². The van der Waals surface area contributed by atoms with Gasteiger partial charge in [-0.25, -0.2) is 4.98 Å². The summed E-state index contributed by atoms with van der Waals surface area (Å²) in [5, 5.41) is 13.0. The van der Waals surface area contributed by atoms with Crippen LogP contribution in [0.2, 0.25) is 0 Å². The van der Waals surface area contributed by atoms with Gasteiger partial charge in [0.2, 0.25) is 0 Å². The molecule has 1 fully saturated rings. The van der Waals surface area contributed by atoms with E-state index in [1.807, 2.05) is 12.3 Å². The Balaban J connectivity index is 1.95. The molecule has 6 heteroatoms. The van der Waals surface area contributed by atoms with Crippen LogP contribution >= 0.6 is 11.3 Å². The molecule has 1 aliphatic carbocycles. The van der Waals surface area contributed by atoms with E-state index in [2.05, 4.69) is 4.98 Å². The van der Waals surface area contributed by atoms with Crippen LogP contribution < -0.4 is 0 Å². The van der Waals surface area contributed by atoms with E-state index in [-0.39, 0.29) is 25.7 Å². The number of rotatable bonds is 2. The zero-order valence-corrected chi connectivity index (χ0v) is 10.9. The molecular weight excluding hydrogens is 263 g/mol. The molecule has 0 radical (unpaired) electrons. The smallest absolute Gasteiger partial charge is 0.389 e. The fraction of sp³-hybridized carbons (Fsp3) is 0.750. The molecule has 0 aliphatic heterocycles. The summed E-state index contributed by atoms with van der Waals surface area (Å²) in [5.41, 5.74) is -0.117. The first kappa shape index (κ1) is 13.8. The molecule has 1 aromatic rings. The number of thiazole rings is 1. The lowest BCUT2D eigenvalue weighted by atomic mass is 9.77. The highest BCUT2D eigenvalue weighted by molar-refractivity contribution is 7.09. The van der Waals surface area contributed by atoms with E-state index in [9.17, 15) is 18.3 Å². The topological polar surface area (TPSA) is 33.1 Å². The molecule has 1 N–H and O–H groups in total. The van der Waals surface area contributed by atoms with Crippen LogP contribution in [0.25, 0.3) is 0 Å². The molecule has 0 saturated heterocycles. The zero-order chi connectivity index (χ0) is 13.4. The van der Waals surface area contributed by atoms with Crippen molar-refractivity contribution >= 4 is 11.3 Å². The predicted octanol–water partition coefficient (Wildman–Crippen LogP) is 3.48. The lowest BCUT2D eigenvalue weighted by Gasteiger charge is -2.36. The average Bonchev–Trinajstić information content (AvgIpc) is 2.62. The van der Waals surface area contributed by atoms with Gasteiger partial charge in [0.05, 0.1) is 16.5 Å². The molecule has 0 bridgehead atoms. The van der Waals surface area contributed by atoms with E-state index in [0.29, 0.717) is 6.42 Å². The lowest BCUT2D eigenvalue weighted by molar-refractivity contribution is -0.192. The maximum absolute atomic E-state index is 12.5. The average molecular weight is 279 g/mol. The Bertz CT molecular complexity index is 408. The molecule has 0 spiro atoms. The van der Waals surface area contributed by atoms with Crippen LogP contribution in [-0.2, 0) is 6.42 Å². The van der Waals surface area contributed by atoms with Crippen LogP contribution in [0.1, 0.15) is 36.4 Å². The van der Waals surface area contributed by atoms with Gasteiger partial charge in [-0.2, -0.15) is 13.2 Å². The minimum atomic E-state index is -4.13. The highest BCUT2D eigenvalue weighted by Gasteiger charge is 2.45. The Hall–Kier alpha value is -0.620. The van der Waals surface area contributed by atoms with Gasteiger partial charge in [0.1, 0.15) is 0 Å². The molecule has 102 valence electrons. The number of nitrogens with zero attached hydrogens (tertiary/aromatic N) is 1. The number of aromatic nitrogens is 1. The molecule has 1 heterocycles. The molecule has 0 unspecified atom stereocenters. The summed E-state index contributed by atoms with van der Waals surface area (Å²) in [4.78, 5) is 4.25. The first-order valence-electron chi connectivity index (χ1n) is 5.99. The normalized spacial score (nSPS) is 29.5. The van der Waals surface area contributed by atoms with Crippen LogP contribution in [0.15, 0.2) is 5.38 Å². The Morgan fingerprint density at radius 1 is 1.44 bits per heavy atom. The van der Waals surface area contributed by atoms with Crippen molar-refractivity contribution in [3.8, 4) is 0 Å². The Morgan fingerprint density at radius 3 is 2.50 bits per heavy atom. The molecule has 2 rings (SSSR count). The molecular formula is C12H16F3NOS. The first-order chi connectivity index (χ1) is 8.28. The van der Waals surface area contributed by atoms with Crippen LogP contribution in [-0.4, -0.2) is 21.9 Å². The summed E-state index contributed by atoms with van der Waals surface area (Å²) >= 11 is 1.45. The third kappa shape index (κ3) is 3.23. The van der Waals surface area contributed by atoms with E-state index in [1.54, 1.807) is 0 Å². The number of hydrogen-bond donors (Lipinski definition) is 1. The summed E-state index contributed by atoms with van der Waals surface area (Å²) in [5.74, 6) is -1.25. The first-order valence-corrected chi connectivity index (χ1v) is 6.87. The van der Waals surface area contributed by atoms with Crippen molar-refractivity contribution in [3.05, 3.63) is 16.1 Å². The van der Waals surface area contributed by atoms with E-state index >= 15 is 0 Å². The highest BCUT2D eigenvalue weighted by atomic mass is 32.1. The van der Waals surface area contributed by atoms with E-state index in [1.165, 1.54) is 11.3 Å². The second kappa shape index (κ2) is 4.81. The standard InChI is InChI=1S/C12H16F3NOS/c1-8-7-18-10(16-8)6-11(17)4-2-9(3-5-11)12(13,14)15/h7,9,17H,2-6H2,1H3. The molecule has 1 aliphatic rings. The minimum Gasteiger partial charge on any atom is -0.389 e. The van der Waals surface area contributed by atoms with Crippen LogP contribution in [0.5, 0.6) is 0 Å². The monoisotopic (exact) mass is 279 g/mol. The van der Waals surface area contributed by atoms with E-state index in [0.717, 1.165) is 10.7 Å². The SMILES string of the molecule is Cc1csc(CC2(O)CCC(C(F)(F)F)CC2)n1. The molecule has 0 aromatic carbocycles. The van der Waals surface area contributed by atoms with Crippen LogP contribution in [0.3, 0.4) is 0 Å².